The predicted molar refractivity (Wildman–Crippen MR) is 49.4 cm³/mol. The highest BCUT2D eigenvalue weighted by molar-refractivity contribution is 6.10. The van der Waals surface area contributed by atoms with Crippen molar-refractivity contribution in [3.8, 4) is 0 Å². The van der Waals surface area contributed by atoms with E-state index in [-0.39, 0.29) is 5.78 Å². The summed E-state index contributed by atoms with van der Waals surface area (Å²) < 4.78 is 9.80. The molecule has 0 fully saturated rings. The molecule has 0 bridgehead atoms. The van der Waals surface area contributed by atoms with Gasteiger partial charge in [0, 0.05) is 11.6 Å². The van der Waals surface area contributed by atoms with Gasteiger partial charge in [-0.05, 0) is 17.7 Å². The molecular formula is C11H6O4. The summed E-state index contributed by atoms with van der Waals surface area (Å²) in [7, 11) is 0. The van der Waals surface area contributed by atoms with Crippen molar-refractivity contribution in [1.29, 1.82) is 0 Å². The second kappa shape index (κ2) is 2.70. The molecule has 2 aliphatic heterocycles. The first-order valence-corrected chi connectivity index (χ1v) is 4.46. The van der Waals surface area contributed by atoms with E-state index in [1.54, 1.807) is 12.2 Å². The molecule has 0 N–H and O–H groups in total. The van der Waals surface area contributed by atoms with Gasteiger partial charge in [-0.2, -0.15) is 0 Å². The molecule has 3 aliphatic rings. The molecule has 0 aromatic heterocycles. The number of Topliss-reactive ketones (excluding diaryl/α,β-unsaturated/α-hetero) is 1. The molecule has 0 saturated heterocycles. The lowest BCUT2D eigenvalue weighted by Gasteiger charge is -2.21. The third kappa shape index (κ3) is 1.08. The normalized spacial score (nSPS) is 26.9. The molecule has 0 spiro atoms. The van der Waals surface area contributed by atoms with Crippen molar-refractivity contribution in [3.63, 3.8) is 0 Å². The van der Waals surface area contributed by atoms with E-state index in [0.717, 1.165) is 5.57 Å². The van der Waals surface area contributed by atoms with E-state index >= 15 is 0 Å². The van der Waals surface area contributed by atoms with Crippen LogP contribution in [-0.2, 0) is 19.1 Å². The number of fused-ring (bicyclic) bond motifs is 2. The van der Waals surface area contributed by atoms with E-state index in [1.807, 2.05) is 0 Å². The number of carbonyl (C=O) groups excluding carboxylic acids is 2. The maximum Gasteiger partial charge on any atom is 0.332 e. The smallest absolute Gasteiger partial charge is 0.332 e. The molecule has 1 aliphatic carbocycles. The first kappa shape index (κ1) is 8.23. The van der Waals surface area contributed by atoms with Crippen LogP contribution in [0.3, 0.4) is 0 Å². The molecule has 1 unspecified atom stereocenters. The number of carbonyl (C=O) groups is 2. The van der Waals surface area contributed by atoms with Gasteiger partial charge in [0.15, 0.2) is 6.10 Å². The summed E-state index contributed by atoms with van der Waals surface area (Å²) in [5.41, 5.74) is 1.82. The van der Waals surface area contributed by atoms with Crippen LogP contribution < -0.4 is 0 Å². The standard InChI is InChI=1S/C11H6O4/c12-9-4-7-3-6-1-2-14-5-8(6)10(13)11(7)15-9/h1-5,11H. The zero-order chi connectivity index (χ0) is 10.4. The van der Waals surface area contributed by atoms with Crippen LogP contribution in [0.25, 0.3) is 0 Å². The summed E-state index contributed by atoms with van der Waals surface area (Å²) in [5.74, 6) is -0.696. The molecule has 4 nitrogen and oxygen atoms in total. The number of rotatable bonds is 0. The van der Waals surface area contributed by atoms with Gasteiger partial charge in [-0.15, -0.1) is 0 Å². The number of ether oxygens (including phenoxy) is 2. The molecular weight excluding hydrogens is 196 g/mol. The van der Waals surface area contributed by atoms with Gasteiger partial charge in [0.05, 0.1) is 11.8 Å². The third-order valence-electron chi connectivity index (χ3n) is 2.47. The molecule has 2 heterocycles. The minimum atomic E-state index is -0.775. The maximum absolute atomic E-state index is 11.8. The van der Waals surface area contributed by atoms with E-state index in [0.29, 0.717) is 11.1 Å². The van der Waals surface area contributed by atoms with Gasteiger partial charge >= 0.3 is 5.97 Å². The molecule has 74 valence electrons. The van der Waals surface area contributed by atoms with Crippen LogP contribution >= 0.6 is 0 Å². The molecule has 0 saturated carbocycles. The Kier molecular flexibility index (Phi) is 1.48. The second-order valence-electron chi connectivity index (χ2n) is 3.40. The first-order valence-electron chi connectivity index (χ1n) is 4.46. The molecule has 4 heteroatoms. The van der Waals surface area contributed by atoms with Crippen LogP contribution in [0.15, 0.2) is 47.5 Å². The van der Waals surface area contributed by atoms with Gasteiger partial charge in [-0.1, -0.05) is 0 Å². The topological polar surface area (TPSA) is 52.6 Å². The lowest BCUT2D eigenvalue weighted by Crippen LogP contribution is -2.29. The van der Waals surface area contributed by atoms with E-state index in [2.05, 4.69) is 0 Å². The minimum Gasteiger partial charge on any atom is -0.472 e. The Labute approximate surface area is 85.2 Å². The maximum atomic E-state index is 11.8. The van der Waals surface area contributed by atoms with Crippen molar-refractivity contribution < 1.29 is 19.1 Å². The van der Waals surface area contributed by atoms with E-state index in [9.17, 15) is 9.59 Å². The van der Waals surface area contributed by atoms with E-state index < -0.39 is 12.1 Å². The molecule has 1 atom stereocenters. The Balaban J connectivity index is 2.14. The van der Waals surface area contributed by atoms with Crippen LogP contribution in [0, 0.1) is 0 Å². The van der Waals surface area contributed by atoms with Crippen molar-refractivity contribution in [2.75, 3.05) is 0 Å². The monoisotopic (exact) mass is 202 g/mol. The fourth-order valence-electron chi connectivity index (χ4n) is 1.78. The average Bonchev–Trinajstić information content (AvgIpc) is 2.59. The average molecular weight is 202 g/mol. The van der Waals surface area contributed by atoms with Crippen molar-refractivity contribution in [1.82, 2.24) is 0 Å². The number of allylic oxidation sites excluding steroid dienone is 2. The molecule has 0 aromatic carbocycles. The SMILES string of the molecule is O=C1C=C2C=C3C=COC=C3C(=O)C2O1. The number of esters is 1. The van der Waals surface area contributed by atoms with Crippen LogP contribution in [0.5, 0.6) is 0 Å². The highest BCUT2D eigenvalue weighted by Gasteiger charge is 2.38. The quantitative estimate of drug-likeness (QED) is 0.544. The summed E-state index contributed by atoms with van der Waals surface area (Å²) >= 11 is 0. The lowest BCUT2D eigenvalue weighted by atomic mass is 9.88. The number of ketones is 1. The van der Waals surface area contributed by atoms with Crippen molar-refractivity contribution in [2.24, 2.45) is 0 Å². The largest absolute Gasteiger partial charge is 0.472 e. The minimum absolute atomic E-state index is 0.228. The fraction of sp³-hybridized carbons (Fsp3) is 0.0909. The Morgan fingerprint density at radius 1 is 1.20 bits per heavy atom. The van der Waals surface area contributed by atoms with Gasteiger partial charge in [0.2, 0.25) is 5.78 Å². The zero-order valence-corrected chi connectivity index (χ0v) is 7.60. The summed E-state index contributed by atoms with van der Waals surface area (Å²) in [6, 6.07) is 0. The van der Waals surface area contributed by atoms with E-state index in [4.69, 9.17) is 9.47 Å². The van der Waals surface area contributed by atoms with Crippen LogP contribution in [0.1, 0.15) is 0 Å². The van der Waals surface area contributed by atoms with Gasteiger partial charge in [0.25, 0.3) is 0 Å². The van der Waals surface area contributed by atoms with Gasteiger partial charge < -0.3 is 9.47 Å². The van der Waals surface area contributed by atoms with E-state index in [1.165, 1.54) is 18.6 Å². The lowest BCUT2D eigenvalue weighted by molar-refractivity contribution is -0.144. The Morgan fingerprint density at radius 2 is 2.07 bits per heavy atom. The Bertz CT molecular complexity index is 491. The van der Waals surface area contributed by atoms with Crippen LogP contribution in [0.2, 0.25) is 0 Å². The molecule has 0 radical (unpaired) electrons. The van der Waals surface area contributed by atoms with Crippen molar-refractivity contribution in [2.45, 2.75) is 6.10 Å². The third-order valence-corrected chi connectivity index (χ3v) is 2.47. The molecule has 15 heavy (non-hydrogen) atoms. The highest BCUT2D eigenvalue weighted by atomic mass is 16.6. The predicted octanol–water partition coefficient (Wildman–Crippen LogP) is 0.775. The second-order valence-corrected chi connectivity index (χ2v) is 3.40. The summed E-state index contributed by atoms with van der Waals surface area (Å²) in [5, 5.41) is 0. The highest BCUT2D eigenvalue weighted by Crippen LogP contribution is 2.32. The van der Waals surface area contributed by atoms with Gasteiger partial charge in [-0.3, -0.25) is 4.79 Å². The molecule has 0 aromatic rings. The molecule has 3 rings (SSSR count). The van der Waals surface area contributed by atoms with Crippen molar-refractivity contribution in [3.05, 3.63) is 47.5 Å². The summed E-state index contributed by atoms with van der Waals surface area (Å²) in [6.07, 6.45) is 6.88. The summed E-state index contributed by atoms with van der Waals surface area (Å²) in [6.45, 7) is 0. The van der Waals surface area contributed by atoms with Gasteiger partial charge in [-0.25, -0.2) is 4.79 Å². The van der Waals surface area contributed by atoms with Gasteiger partial charge in [0.1, 0.15) is 6.26 Å². The van der Waals surface area contributed by atoms with Crippen molar-refractivity contribution >= 4 is 11.8 Å². The first-order chi connectivity index (χ1) is 7.25. The fourth-order valence-corrected chi connectivity index (χ4v) is 1.78. The van der Waals surface area contributed by atoms with Crippen LogP contribution in [-0.4, -0.2) is 17.9 Å². The Morgan fingerprint density at radius 3 is 2.93 bits per heavy atom. The Hall–Kier alpha value is -2.10. The van der Waals surface area contributed by atoms with Crippen LogP contribution in [0.4, 0.5) is 0 Å². The zero-order valence-electron chi connectivity index (χ0n) is 7.60. The molecule has 0 amide bonds. The number of hydrogen-bond acceptors (Lipinski definition) is 4. The summed E-state index contributed by atoms with van der Waals surface area (Å²) in [4.78, 5) is 22.9. The number of hydrogen-bond donors (Lipinski definition) is 0.